The van der Waals surface area contributed by atoms with Gasteiger partial charge in [-0.15, -0.1) is 10.2 Å². The lowest BCUT2D eigenvalue weighted by Gasteiger charge is -2.09. The van der Waals surface area contributed by atoms with Gasteiger partial charge in [0.1, 0.15) is 12.1 Å². The van der Waals surface area contributed by atoms with E-state index >= 15 is 0 Å². The monoisotopic (exact) mass is 402 g/mol. The van der Waals surface area contributed by atoms with E-state index in [1.165, 1.54) is 24.0 Å². The molecule has 0 radical (unpaired) electrons. The zero-order chi connectivity index (χ0) is 19.8. The quantitative estimate of drug-likeness (QED) is 0.387. The van der Waals surface area contributed by atoms with Gasteiger partial charge in [0.25, 0.3) is 0 Å². The first-order valence-electron chi connectivity index (χ1n) is 9.84. The van der Waals surface area contributed by atoms with Crippen LogP contribution in [0.25, 0.3) is 17.1 Å². The molecule has 0 N–H and O–H groups in total. The fourth-order valence-corrected chi connectivity index (χ4v) is 4.33. The highest BCUT2D eigenvalue weighted by atomic mass is 32.2. The Morgan fingerprint density at radius 2 is 1.90 bits per heavy atom. The first kappa shape index (κ1) is 18.2. The SMILES string of the molecule is Cc1ccc(-c2nc(CSc3nnc(C4CC4)n3-c3ccccc3)co2)c(C)c1. The molecule has 1 aliphatic carbocycles. The molecule has 2 aromatic carbocycles. The Morgan fingerprint density at radius 1 is 1.07 bits per heavy atom. The predicted molar refractivity (Wildman–Crippen MR) is 114 cm³/mol. The van der Waals surface area contributed by atoms with E-state index in [4.69, 9.17) is 9.40 Å². The van der Waals surface area contributed by atoms with Crippen LogP contribution in [0.3, 0.4) is 0 Å². The van der Waals surface area contributed by atoms with Crippen LogP contribution in [0.4, 0.5) is 0 Å². The van der Waals surface area contributed by atoms with Crippen molar-refractivity contribution in [2.75, 3.05) is 0 Å². The Balaban J connectivity index is 1.38. The number of rotatable bonds is 6. The summed E-state index contributed by atoms with van der Waals surface area (Å²) in [5.74, 6) is 2.95. The summed E-state index contributed by atoms with van der Waals surface area (Å²) in [6.07, 6.45) is 4.13. The molecule has 29 heavy (non-hydrogen) atoms. The molecule has 6 heteroatoms. The molecular formula is C23H22N4OS. The molecule has 1 saturated carbocycles. The van der Waals surface area contributed by atoms with E-state index in [9.17, 15) is 0 Å². The van der Waals surface area contributed by atoms with E-state index in [1.807, 2.05) is 18.2 Å². The van der Waals surface area contributed by atoms with Gasteiger partial charge in [0, 0.05) is 22.9 Å². The minimum absolute atomic E-state index is 0.528. The number of hydrogen-bond donors (Lipinski definition) is 0. The van der Waals surface area contributed by atoms with Crippen LogP contribution in [-0.2, 0) is 5.75 Å². The lowest BCUT2D eigenvalue weighted by Crippen LogP contribution is -2.01. The van der Waals surface area contributed by atoms with Gasteiger partial charge in [0.15, 0.2) is 5.16 Å². The van der Waals surface area contributed by atoms with Crippen molar-refractivity contribution >= 4 is 11.8 Å². The van der Waals surface area contributed by atoms with Gasteiger partial charge < -0.3 is 4.42 Å². The van der Waals surface area contributed by atoms with Crippen molar-refractivity contribution in [1.29, 1.82) is 0 Å². The summed E-state index contributed by atoms with van der Waals surface area (Å²) in [4.78, 5) is 4.70. The summed E-state index contributed by atoms with van der Waals surface area (Å²) >= 11 is 1.64. The van der Waals surface area contributed by atoms with Gasteiger partial charge >= 0.3 is 0 Å². The standard InChI is InChI=1S/C23H22N4OS/c1-15-8-11-20(16(2)12-15)22-24-18(13-28-22)14-29-23-26-25-21(17-9-10-17)27(23)19-6-4-3-5-7-19/h3-8,11-13,17H,9-10,14H2,1-2H3. The van der Waals surface area contributed by atoms with Gasteiger partial charge in [0.05, 0.1) is 5.69 Å². The number of benzene rings is 2. The largest absolute Gasteiger partial charge is 0.444 e. The highest BCUT2D eigenvalue weighted by Gasteiger charge is 2.31. The molecule has 4 aromatic rings. The molecule has 0 atom stereocenters. The van der Waals surface area contributed by atoms with Crippen molar-refractivity contribution < 1.29 is 4.42 Å². The average Bonchev–Trinajstić information content (AvgIpc) is 3.31. The zero-order valence-corrected chi connectivity index (χ0v) is 17.3. The number of oxazole rings is 1. The third-order valence-electron chi connectivity index (χ3n) is 5.13. The minimum atomic E-state index is 0.528. The number of aryl methyl sites for hydroxylation is 2. The molecule has 1 fully saturated rings. The van der Waals surface area contributed by atoms with Crippen molar-refractivity contribution in [3.05, 3.63) is 77.4 Å². The van der Waals surface area contributed by atoms with Crippen molar-refractivity contribution in [1.82, 2.24) is 19.7 Å². The molecule has 0 aliphatic heterocycles. The van der Waals surface area contributed by atoms with Gasteiger partial charge in [-0.25, -0.2) is 4.98 Å². The van der Waals surface area contributed by atoms with Crippen LogP contribution in [-0.4, -0.2) is 19.7 Å². The van der Waals surface area contributed by atoms with E-state index in [-0.39, 0.29) is 0 Å². The second kappa shape index (κ2) is 7.52. The summed E-state index contributed by atoms with van der Waals surface area (Å²) in [6.45, 7) is 4.18. The third kappa shape index (κ3) is 3.72. The van der Waals surface area contributed by atoms with Crippen LogP contribution < -0.4 is 0 Å². The Hall–Kier alpha value is -2.86. The van der Waals surface area contributed by atoms with Gasteiger partial charge in [-0.2, -0.15) is 0 Å². The maximum absolute atomic E-state index is 5.76. The molecule has 1 aliphatic rings. The molecule has 2 heterocycles. The number of thioether (sulfide) groups is 1. The van der Waals surface area contributed by atoms with Crippen LogP contribution in [0.1, 0.15) is 41.4 Å². The number of hydrogen-bond acceptors (Lipinski definition) is 5. The molecular weight excluding hydrogens is 380 g/mol. The Kier molecular flexibility index (Phi) is 4.72. The van der Waals surface area contributed by atoms with Gasteiger partial charge in [-0.05, 0) is 50.5 Å². The topological polar surface area (TPSA) is 56.7 Å². The van der Waals surface area contributed by atoms with Crippen molar-refractivity contribution in [3.63, 3.8) is 0 Å². The molecule has 2 aromatic heterocycles. The fraction of sp³-hybridized carbons (Fsp3) is 0.261. The maximum atomic E-state index is 5.76. The van der Waals surface area contributed by atoms with Crippen LogP contribution in [0, 0.1) is 13.8 Å². The summed E-state index contributed by atoms with van der Waals surface area (Å²) < 4.78 is 7.95. The van der Waals surface area contributed by atoms with Gasteiger partial charge in [0.2, 0.25) is 5.89 Å². The van der Waals surface area contributed by atoms with Gasteiger partial charge in [-0.1, -0.05) is 47.7 Å². The molecule has 5 rings (SSSR count). The van der Waals surface area contributed by atoms with Crippen LogP contribution in [0.5, 0.6) is 0 Å². The van der Waals surface area contributed by atoms with E-state index in [0.29, 0.717) is 17.6 Å². The molecule has 0 bridgehead atoms. The summed E-state index contributed by atoms with van der Waals surface area (Å²) in [7, 11) is 0. The third-order valence-corrected chi connectivity index (χ3v) is 6.09. The Bertz CT molecular complexity index is 1140. The van der Waals surface area contributed by atoms with Crippen molar-refractivity contribution in [2.45, 2.75) is 43.5 Å². The number of para-hydroxylation sites is 1. The number of nitrogens with zero attached hydrogens (tertiary/aromatic N) is 4. The predicted octanol–water partition coefficient (Wildman–Crippen LogP) is 5.71. The van der Waals surface area contributed by atoms with Crippen molar-refractivity contribution in [3.8, 4) is 17.1 Å². The maximum Gasteiger partial charge on any atom is 0.226 e. The van der Waals surface area contributed by atoms with E-state index in [1.54, 1.807) is 18.0 Å². The summed E-state index contributed by atoms with van der Waals surface area (Å²) in [6, 6.07) is 16.6. The molecule has 146 valence electrons. The van der Waals surface area contributed by atoms with E-state index in [2.05, 4.69) is 58.9 Å². The molecule has 0 amide bonds. The van der Waals surface area contributed by atoms with Crippen LogP contribution in [0.2, 0.25) is 0 Å². The van der Waals surface area contributed by atoms with E-state index < -0.39 is 0 Å². The first-order valence-corrected chi connectivity index (χ1v) is 10.8. The normalized spacial score (nSPS) is 13.7. The second-order valence-corrected chi connectivity index (χ2v) is 8.48. The molecule has 0 unspecified atom stereocenters. The summed E-state index contributed by atoms with van der Waals surface area (Å²) in [5, 5.41) is 9.86. The van der Waals surface area contributed by atoms with E-state index in [0.717, 1.165) is 27.9 Å². The molecule has 5 nitrogen and oxygen atoms in total. The van der Waals surface area contributed by atoms with Crippen LogP contribution in [0.15, 0.2) is 64.4 Å². The second-order valence-electron chi connectivity index (χ2n) is 7.54. The zero-order valence-electron chi connectivity index (χ0n) is 16.5. The Morgan fingerprint density at radius 3 is 2.66 bits per heavy atom. The fourth-order valence-electron chi connectivity index (χ4n) is 3.49. The highest BCUT2D eigenvalue weighted by Crippen LogP contribution is 2.41. The average molecular weight is 403 g/mol. The summed E-state index contributed by atoms with van der Waals surface area (Å²) in [5.41, 5.74) is 5.46. The first-order chi connectivity index (χ1) is 14.2. The smallest absolute Gasteiger partial charge is 0.226 e. The highest BCUT2D eigenvalue weighted by molar-refractivity contribution is 7.98. The molecule has 0 saturated heterocycles. The van der Waals surface area contributed by atoms with Crippen LogP contribution >= 0.6 is 11.8 Å². The molecule has 0 spiro atoms. The van der Waals surface area contributed by atoms with Gasteiger partial charge in [-0.3, -0.25) is 4.57 Å². The number of aromatic nitrogens is 4. The lowest BCUT2D eigenvalue weighted by atomic mass is 10.1. The lowest BCUT2D eigenvalue weighted by molar-refractivity contribution is 0.573. The minimum Gasteiger partial charge on any atom is -0.444 e. The Labute approximate surface area is 174 Å². The van der Waals surface area contributed by atoms with Crippen molar-refractivity contribution in [2.24, 2.45) is 0 Å².